The first-order chi connectivity index (χ1) is 9.90. The van der Waals surface area contributed by atoms with E-state index in [2.05, 4.69) is 5.32 Å². The lowest BCUT2D eigenvalue weighted by atomic mass is 10.1. The van der Waals surface area contributed by atoms with E-state index in [1.54, 1.807) is 6.07 Å². The van der Waals surface area contributed by atoms with Crippen LogP contribution in [0.1, 0.15) is 15.9 Å². The Morgan fingerprint density at radius 1 is 1.19 bits per heavy atom. The first kappa shape index (κ1) is 15.9. The van der Waals surface area contributed by atoms with Gasteiger partial charge in [-0.2, -0.15) is 0 Å². The van der Waals surface area contributed by atoms with Crippen LogP contribution < -0.4 is 5.32 Å². The van der Waals surface area contributed by atoms with Gasteiger partial charge < -0.3 is 10.4 Å². The van der Waals surface area contributed by atoms with Crippen LogP contribution in [0.15, 0.2) is 30.3 Å². The fraction of sp³-hybridized carbons (Fsp3) is 0.0714. The molecule has 0 atom stereocenters. The van der Waals surface area contributed by atoms with E-state index in [9.17, 15) is 14.3 Å². The van der Waals surface area contributed by atoms with Gasteiger partial charge in [-0.1, -0.05) is 46.9 Å². The SMILES string of the molecule is O=C(NCc1cccc(F)c1)c1c(O)c(Cl)cc(Cl)c1Cl. The van der Waals surface area contributed by atoms with Crippen LogP contribution in [0.4, 0.5) is 4.39 Å². The standard InChI is InChI=1S/C14H9Cl3FNO2/c15-9-5-10(16)13(20)11(12(9)17)14(21)19-6-7-2-1-3-8(18)4-7/h1-5,20H,6H2,(H,19,21). The van der Waals surface area contributed by atoms with Crippen molar-refractivity contribution in [1.82, 2.24) is 5.32 Å². The van der Waals surface area contributed by atoms with Crippen LogP contribution in [-0.4, -0.2) is 11.0 Å². The second kappa shape index (κ2) is 6.52. The summed E-state index contributed by atoms with van der Waals surface area (Å²) in [6.45, 7) is 0.0660. The zero-order chi connectivity index (χ0) is 15.6. The molecule has 110 valence electrons. The van der Waals surface area contributed by atoms with Crippen molar-refractivity contribution in [3.8, 4) is 5.75 Å². The molecule has 0 unspecified atom stereocenters. The molecule has 0 saturated heterocycles. The third kappa shape index (κ3) is 3.59. The lowest BCUT2D eigenvalue weighted by Crippen LogP contribution is -2.23. The van der Waals surface area contributed by atoms with E-state index in [-0.39, 0.29) is 27.2 Å². The molecule has 2 aromatic rings. The molecule has 1 amide bonds. The maximum Gasteiger partial charge on any atom is 0.256 e. The van der Waals surface area contributed by atoms with E-state index >= 15 is 0 Å². The summed E-state index contributed by atoms with van der Waals surface area (Å²) in [5.74, 6) is -1.53. The number of nitrogens with one attached hydrogen (secondary N) is 1. The average molecular weight is 349 g/mol. The smallest absolute Gasteiger partial charge is 0.256 e. The van der Waals surface area contributed by atoms with E-state index in [0.29, 0.717) is 5.56 Å². The highest BCUT2D eigenvalue weighted by Crippen LogP contribution is 2.38. The van der Waals surface area contributed by atoms with Crippen molar-refractivity contribution in [2.24, 2.45) is 0 Å². The lowest BCUT2D eigenvalue weighted by Gasteiger charge is -2.11. The summed E-state index contributed by atoms with van der Waals surface area (Å²) >= 11 is 17.5. The lowest BCUT2D eigenvalue weighted by molar-refractivity contribution is 0.0948. The highest BCUT2D eigenvalue weighted by molar-refractivity contribution is 6.45. The van der Waals surface area contributed by atoms with E-state index < -0.39 is 17.5 Å². The molecule has 2 N–H and O–H groups in total. The quantitative estimate of drug-likeness (QED) is 0.807. The van der Waals surface area contributed by atoms with E-state index in [4.69, 9.17) is 34.8 Å². The minimum atomic E-state index is -0.661. The van der Waals surface area contributed by atoms with Gasteiger partial charge in [0.05, 0.1) is 15.1 Å². The predicted octanol–water partition coefficient (Wildman–Crippen LogP) is 4.42. The van der Waals surface area contributed by atoms with Crippen molar-refractivity contribution in [1.29, 1.82) is 0 Å². The van der Waals surface area contributed by atoms with Crippen LogP contribution in [0.2, 0.25) is 15.1 Å². The maximum atomic E-state index is 13.0. The number of phenolic OH excluding ortho intramolecular Hbond substituents is 1. The van der Waals surface area contributed by atoms with Crippen LogP contribution in [0.3, 0.4) is 0 Å². The average Bonchev–Trinajstić information content (AvgIpc) is 2.43. The van der Waals surface area contributed by atoms with Crippen molar-refractivity contribution < 1.29 is 14.3 Å². The topological polar surface area (TPSA) is 49.3 Å². The molecule has 3 nitrogen and oxygen atoms in total. The number of phenols is 1. The number of hydrogen-bond acceptors (Lipinski definition) is 2. The maximum absolute atomic E-state index is 13.0. The molecular formula is C14H9Cl3FNO2. The third-order valence-corrected chi connectivity index (χ3v) is 3.79. The Hall–Kier alpha value is -1.49. The minimum absolute atomic E-state index is 0.0513. The van der Waals surface area contributed by atoms with E-state index in [1.165, 1.54) is 24.3 Å². The van der Waals surface area contributed by atoms with Gasteiger partial charge in [-0.15, -0.1) is 0 Å². The number of rotatable bonds is 3. The summed E-state index contributed by atoms with van der Waals surface area (Å²) in [6, 6.07) is 6.99. The van der Waals surface area contributed by atoms with Gasteiger partial charge in [0.1, 0.15) is 17.1 Å². The number of aromatic hydroxyl groups is 1. The number of amides is 1. The van der Waals surface area contributed by atoms with Crippen molar-refractivity contribution in [3.63, 3.8) is 0 Å². The van der Waals surface area contributed by atoms with Gasteiger partial charge in [0.25, 0.3) is 5.91 Å². The van der Waals surface area contributed by atoms with Gasteiger partial charge in [0.2, 0.25) is 0 Å². The number of hydrogen-bond donors (Lipinski definition) is 2. The molecule has 21 heavy (non-hydrogen) atoms. The van der Waals surface area contributed by atoms with Crippen molar-refractivity contribution in [2.75, 3.05) is 0 Å². The van der Waals surface area contributed by atoms with Gasteiger partial charge in [0, 0.05) is 6.54 Å². The van der Waals surface area contributed by atoms with E-state index in [1.807, 2.05) is 0 Å². The highest BCUT2D eigenvalue weighted by Gasteiger charge is 2.20. The molecule has 0 saturated carbocycles. The van der Waals surface area contributed by atoms with Crippen LogP contribution in [0.5, 0.6) is 5.75 Å². The third-order valence-electron chi connectivity index (χ3n) is 2.71. The summed E-state index contributed by atoms with van der Waals surface area (Å²) in [4.78, 5) is 12.1. The minimum Gasteiger partial charge on any atom is -0.505 e. The Bertz CT molecular complexity index is 681. The zero-order valence-electron chi connectivity index (χ0n) is 10.5. The first-order valence-electron chi connectivity index (χ1n) is 5.79. The van der Waals surface area contributed by atoms with Gasteiger partial charge in [-0.3, -0.25) is 4.79 Å². The highest BCUT2D eigenvalue weighted by atomic mass is 35.5. The molecule has 0 heterocycles. The molecule has 0 bridgehead atoms. The number of carbonyl (C=O) groups is 1. The molecule has 0 aliphatic heterocycles. The molecule has 0 aliphatic carbocycles. The van der Waals surface area contributed by atoms with Crippen LogP contribution in [-0.2, 0) is 6.54 Å². The molecule has 2 aromatic carbocycles. The van der Waals surface area contributed by atoms with Crippen LogP contribution >= 0.6 is 34.8 Å². The Morgan fingerprint density at radius 3 is 2.57 bits per heavy atom. The van der Waals surface area contributed by atoms with E-state index in [0.717, 1.165) is 0 Å². The molecule has 0 fully saturated rings. The first-order valence-corrected chi connectivity index (χ1v) is 6.92. The Labute approximate surface area is 135 Å². The number of halogens is 4. The monoisotopic (exact) mass is 347 g/mol. The van der Waals surface area contributed by atoms with Crippen molar-refractivity contribution in [3.05, 3.63) is 62.3 Å². The van der Waals surface area contributed by atoms with Crippen molar-refractivity contribution >= 4 is 40.7 Å². The molecule has 0 radical (unpaired) electrons. The second-order valence-corrected chi connectivity index (χ2v) is 5.38. The summed E-state index contributed by atoms with van der Waals surface area (Å²) in [7, 11) is 0. The van der Waals surface area contributed by atoms with Gasteiger partial charge in [-0.25, -0.2) is 4.39 Å². The van der Waals surface area contributed by atoms with Crippen molar-refractivity contribution in [2.45, 2.75) is 6.54 Å². The largest absolute Gasteiger partial charge is 0.505 e. The Balaban J connectivity index is 2.22. The normalized spacial score (nSPS) is 10.5. The molecule has 7 heteroatoms. The number of carbonyl (C=O) groups excluding carboxylic acids is 1. The molecule has 0 aliphatic rings. The summed E-state index contributed by atoms with van der Waals surface area (Å²) in [5.41, 5.74) is 0.345. The summed E-state index contributed by atoms with van der Waals surface area (Å²) < 4.78 is 13.0. The van der Waals surface area contributed by atoms with Gasteiger partial charge in [-0.05, 0) is 23.8 Å². The van der Waals surface area contributed by atoms with Crippen LogP contribution in [0.25, 0.3) is 0 Å². The zero-order valence-corrected chi connectivity index (χ0v) is 12.7. The van der Waals surface area contributed by atoms with Gasteiger partial charge in [0.15, 0.2) is 0 Å². The Kier molecular flexibility index (Phi) is 4.93. The van der Waals surface area contributed by atoms with Crippen LogP contribution in [0, 0.1) is 5.82 Å². The Morgan fingerprint density at radius 2 is 1.90 bits per heavy atom. The molecular weight excluding hydrogens is 340 g/mol. The predicted molar refractivity (Wildman–Crippen MR) is 80.7 cm³/mol. The summed E-state index contributed by atoms with van der Waals surface area (Å²) in [6.07, 6.45) is 0. The second-order valence-electron chi connectivity index (χ2n) is 4.19. The fourth-order valence-electron chi connectivity index (χ4n) is 1.71. The molecule has 0 spiro atoms. The fourth-order valence-corrected chi connectivity index (χ4v) is 2.40. The summed E-state index contributed by atoms with van der Waals surface area (Å²) in [5, 5.41) is 12.2. The number of benzene rings is 2. The molecule has 0 aromatic heterocycles. The molecule has 2 rings (SSSR count). The van der Waals surface area contributed by atoms with Gasteiger partial charge >= 0.3 is 0 Å².